The van der Waals surface area contributed by atoms with Gasteiger partial charge in [0.05, 0.1) is 5.60 Å². The van der Waals surface area contributed by atoms with E-state index in [0.717, 1.165) is 60.7 Å². The number of phenolic OH excluding ortho intramolecular Hbond substituents is 1. The monoisotopic (exact) mass is 405 g/mol. The van der Waals surface area contributed by atoms with Crippen molar-refractivity contribution < 1.29 is 9.84 Å². The van der Waals surface area contributed by atoms with Crippen LogP contribution in [0.2, 0.25) is 0 Å². The lowest BCUT2D eigenvalue weighted by Crippen LogP contribution is -2.50. The van der Waals surface area contributed by atoms with Crippen molar-refractivity contribution in [2.45, 2.75) is 69.9 Å². The number of nitrogens with one attached hydrogen (secondary N) is 1. The van der Waals surface area contributed by atoms with Crippen LogP contribution in [-0.4, -0.2) is 34.1 Å². The van der Waals surface area contributed by atoms with E-state index in [9.17, 15) is 5.11 Å². The van der Waals surface area contributed by atoms with Crippen molar-refractivity contribution in [3.8, 4) is 17.0 Å². The van der Waals surface area contributed by atoms with Crippen molar-refractivity contribution in [1.82, 2.24) is 10.2 Å². The fourth-order valence-corrected chi connectivity index (χ4v) is 4.81. The van der Waals surface area contributed by atoms with E-state index in [4.69, 9.17) is 4.74 Å². The van der Waals surface area contributed by atoms with Crippen molar-refractivity contribution in [3.05, 3.63) is 41.0 Å². The number of rotatable bonds is 6. The standard InChI is InChI=1S/C25H31N3O2/c1-25(30-2)14-18(15-25)26-24-20-6-4-3-5-19(20)23(27-28-24)21-12-11-17(13-22(21)29)10-9-16-7-8-16/h9-13,16,18,29H,3-8,14-15H2,1-2H3,(H,26,28)/b10-9+. The molecule has 0 amide bonds. The second-order valence-electron chi connectivity index (χ2n) is 9.44. The molecule has 2 fully saturated rings. The van der Waals surface area contributed by atoms with E-state index < -0.39 is 0 Å². The van der Waals surface area contributed by atoms with Gasteiger partial charge in [0, 0.05) is 24.3 Å². The zero-order valence-corrected chi connectivity index (χ0v) is 17.9. The molecule has 0 bridgehead atoms. The van der Waals surface area contributed by atoms with Crippen LogP contribution in [0.1, 0.15) is 62.1 Å². The Morgan fingerprint density at radius 1 is 1.13 bits per heavy atom. The molecule has 5 rings (SSSR count). The quantitative estimate of drug-likeness (QED) is 0.697. The van der Waals surface area contributed by atoms with Gasteiger partial charge in [-0.2, -0.15) is 0 Å². The highest BCUT2D eigenvalue weighted by atomic mass is 16.5. The van der Waals surface area contributed by atoms with Crippen LogP contribution in [0, 0.1) is 5.92 Å². The molecule has 1 aromatic carbocycles. The number of ether oxygens (including phenoxy) is 1. The van der Waals surface area contributed by atoms with E-state index in [2.05, 4.69) is 40.7 Å². The van der Waals surface area contributed by atoms with Gasteiger partial charge in [-0.05, 0) is 87.5 Å². The lowest BCUT2D eigenvalue weighted by atomic mass is 9.77. The minimum atomic E-state index is -0.0212. The Bertz CT molecular complexity index is 975. The van der Waals surface area contributed by atoms with E-state index in [1.165, 1.54) is 30.4 Å². The van der Waals surface area contributed by atoms with Gasteiger partial charge in [-0.15, -0.1) is 10.2 Å². The van der Waals surface area contributed by atoms with Crippen molar-refractivity contribution in [2.24, 2.45) is 5.92 Å². The van der Waals surface area contributed by atoms with Gasteiger partial charge in [0.15, 0.2) is 5.82 Å². The van der Waals surface area contributed by atoms with Gasteiger partial charge in [-0.25, -0.2) is 0 Å². The lowest BCUT2D eigenvalue weighted by Gasteiger charge is -2.44. The van der Waals surface area contributed by atoms with Crippen LogP contribution >= 0.6 is 0 Å². The Hall–Kier alpha value is -2.40. The Morgan fingerprint density at radius 3 is 2.60 bits per heavy atom. The highest BCUT2D eigenvalue weighted by Gasteiger charge is 2.41. The second kappa shape index (κ2) is 7.69. The molecule has 0 saturated heterocycles. The first kappa shape index (κ1) is 19.6. The van der Waals surface area contributed by atoms with Crippen LogP contribution in [0.15, 0.2) is 24.3 Å². The largest absolute Gasteiger partial charge is 0.507 e. The molecule has 0 spiro atoms. The van der Waals surface area contributed by atoms with Crippen molar-refractivity contribution in [2.75, 3.05) is 12.4 Å². The first-order valence-corrected chi connectivity index (χ1v) is 11.3. The number of aromatic nitrogens is 2. The number of hydrogen-bond donors (Lipinski definition) is 2. The molecule has 5 heteroatoms. The minimum Gasteiger partial charge on any atom is -0.507 e. The van der Waals surface area contributed by atoms with Gasteiger partial charge in [0.25, 0.3) is 0 Å². The van der Waals surface area contributed by atoms with E-state index in [1.54, 1.807) is 7.11 Å². The first-order valence-electron chi connectivity index (χ1n) is 11.3. The third kappa shape index (κ3) is 3.83. The fourth-order valence-electron chi connectivity index (χ4n) is 4.81. The normalized spacial score (nSPS) is 25.7. The van der Waals surface area contributed by atoms with Gasteiger partial charge in [-0.1, -0.05) is 18.2 Å². The molecule has 2 aromatic rings. The average Bonchev–Trinajstić information content (AvgIpc) is 3.56. The highest BCUT2D eigenvalue weighted by Crippen LogP contribution is 2.40. The summed E-state index contributed by atoms with van der Waals surface area (Å²) in [6.07, 6.45) is 13.2. The maximum absolute atomic E-state index is 10.7. The summed E-state index contributed by atoms with van der Waals surface area (Å²) in [7, 11) is 1.78. The smallest absolute Gasteiger partial charge is 0.152 e. The number of anilines is 1. The van der Waals surface area contributed by atoms with Crippen molar-refractivity contribution >= 4 is 11.9 Å². The minimum absolute atomic E-state index is 0.0212. The first-order chi connectivity index (χ1) is 14.5. The lowest BCUT2D eigenvalue weighted by molar-refractivity contribution is -0.0625. The van der Waals surface area contributed by atoms with Crippen LogP contribution in [0.25, 0.3) is 17.3 Å². The molecule has 0 atom stereocenters. The zero-order chi connectivity index (χ0) is 20.7. The van der Waals surface area contributed by atoms with Crippen molar-refractivity contribution in [1.29, 1.82) is 0 Å². The van der Waals surface area contributed by atoms with Crippen LogP contribution in [-0.2, 0) is 17.6 Å². The summed E-state index contributed by atoms with van der Waals surface area (Å²) < 4.78 is 5.58. The summed E-state index contributed by atoms with van der Waals surface area (Å²) in [5.74, 6) is 1.92. The van der Waals surface area contributed by atoms with E-state index >= 15 is 0 Å². The molecule has 2 N–H and O–H groups in total. The Morgan fingerprint density at radius 2 is 1.90 bits per heavy atom. The number of hydrogen-bond acceptors (Lipinski definition) is 5. The van der Waals surface area contributed by atoms with E-state index in [1.807, 2.05) is 12.1 Å². The van der Waals surface area contributed by atoms with Crippen molar-refractivity contribution in [3.63, 3.8) is 0 Å². The molecule has 0 unspecified atom stereocenters. The van der Waals surface area contributed by atoms with Gasteiger partial charge in [0.2, 0.25) is 0 Å². The summed E-state index contributed by atoms with van der Waals surface area (Å²) in [6, 6.07) is 6.28. The van der Waals surface area contributed by atoms with Gasteiger partial charge in [-0.3, -0.25) is 0 Å². The van der Waals surface area contributed by atoms with Gasteiger partial charge >= 0.3 is 0 Å². The number of nitrogens with zero attached hydrogens (tertiary/aromatic N) is 2. The van der Waals surface area contributed by atoms with Gasteiger partial charge in [0.1, 0.15) is 11.4 Å². The summed E-state index contributed by atoms with van der Waals surface area (Å²) in [5.41, 5.74) is 5.15. The molecule has 3 aliphatic rings. The zero-order valence-electron chi connectivity index (χ0n) is 17.9. The molecule has 30 heavy (non-hydrogen) atoms. The van der Waals surface area contributed by atoms with Crippen LogP contribution in [0.3, 0.4) is 0 Å². The van der Waals surface area contributed by atoms with Crippen LogP contribution in [0.4, 0.5) is 5.82 Å². The van der Waals surface area contributed by atoms with Crippen LogP contribution < -0.4 is 5.32 Å². The Balaban J connectivity index is 1.42. The van der Waals surface area contributed by atoms with Crippen LogP contribution in [0.5, 0.6) is 5.75 Å². The third-order valence-corrected chi connectivity index (χ3v) is 6.94. The number of benzene rings is 1. The fraction of sp³-hybridized carbons (Fsp3) is 0.520. The predicted octanol–water partition coefficient (Wildman–Crippen LogP) is 5.13. The second-order valence-corrected chi connectivity index (χ2v) is 9.44. The molecule has 0 radical (unpaired) electrons. The number of methoxy groups -OCH3 is 1. The number of phenols is 1. The maximum atomic E-state index is 10.7. The third-order valence-electron chi connectivity index (χ3n) is 6.94. The summed E-state index contributed by atoms with van der Waals surface area (Å²) in [6.45, 7) is 2.15. The van der Waals surface area contributed by atoms with E-state index in [0.29, 0.717) is 6.04 Å². The SMILES string of the molecule is COC1(C)CC(Nc2nnc(-c3ccc(/C=C/C4CC4)cc3O)c3c2CCCC3)C1. The molecule has 158 valence electrons. The molecule has 0 aliphatic heterocycles. The highest BCUT2D eigenvalue weighted by molar-refractivity contribution is 5.74. The average molecular weight is 406 g/mol. The molecule has 3 aliphatic carbocycles. The molecule has 2 saturated carbocycles. The Labute approximate surface area is 178 Å². The maximum Gasteiger partial charge on any atom is 0.152 e. The summed E-state index contributed by atoms with van der Waals surface area (Å²) in [4.78, 5) is 0. The molecule has 5 nitrogen and oxygen atoms in total. The summed E-state index contributed by atoms with van der Waals surface area (Å²) in [5, 5.41) is 23.5. The number of aromatic hydroxyl groups is 1. The Kier molecular flexibility index (Phi) is 5.02. The molecule has 1 heterocycles. The molecular formula is C25H31N3O2. The van der Waals surface area contributed by atoms with Gasteiger partial charge < -0.3 is 15.2 Å². The molecular weight excluding hydrogens is 374 g/mol. The topological polar surface area (TPSA) is 67.3 Å². The summed E-state index contributed by atoms with van der Waals surface area (Å²) >= 11 is 0. The number of fused-ring (bicyclic) bond motifs is 1. The predicted molar refractivity (Wildman–Crippen MR) is 120 cm³/mol. The molecule has 1 aromatic heterocycles. The van der Waals surface area contributed by atoms with E-state index in [-0.39, 0.29) is 11.4 Å². The number of allylic oxidation sites excluding steroid dienone is 1.